The number of rotatable bonds is 3. The van der Waals surface area contributed by atoms with E-state index in [1.807, 2.05) is 18.4 Å². The molecule has 12 heavy (non-hydrogen) atoms. The van der Waals surface area contributed by atoms with Crippen LogP contribution in [0.5, 0.6) is 0 Å². The molecule has 2 nitrogen and oxygen atoms in total. The van der Waals surface area contributed by atoms with Crippen LogP contribution in [-0.2, 0) is 10.8 Å². The predicted octanol–water partition coefficient (Wildman–Crippen LogP) is 2.32. The third kappa shape index (κ3) is 2.53. The lowest BCUT2D eigenvalue weighted by molar-refractivity contribution is 0.567. The van der Waals surface area contributed by atoms with Gasteiger partial charge in [-0.05, 0) is 18.4 Å². The molecular weight excluding hydrogens is 192 g/mol. The quantitative estimate of drug-likeness (QED) is 0.753. The van der Waals surface area contributed by atoms with E-state index >= 15 is 0 Å². The number of hydrogen-bond donors (Lipinski definition) is 0. The van der Waals surface area contributed by atoms with Crippen molar-refractivity contribution in [1.29, 1.82) is 0 Å². The van der Waals surface area contributed by atoms with Crippen molar-refractivity contribution in [3.8, 4) is 0 Å². The standard InChI is InChI=1S/C8H10O2S2/c1-11-8(12(2)9)5-7-3-4-10-6-7/h3-6H,1-2H3/b8-5+. The molecule has 0 spiro atoms. The van der Waals surface area contributed by atoms with Crippen molar-refractivity contribution >= 4 is 28.6 Å². The van der Waals surface area contributed by atoms with Gasteiger partial charge in [0.25, 0.3) is 0 Å². The predicted molar refractivity (Wildman–Crippen MR) is 54.3 cm³/mol. The van der Waals surface area contributed by atoms with Crippen molar-refractivity contribution in [2.45, 2.75) is 0 Å². The van der Waals surface area contributed by atoms with Gasteiger partial charge in [0.05, 0.1) is 27.6 Å². The van der Waals surface area contributed by atoms with Gasteiger partial charge < -0.3 is 4.42 Å². The molecule has 1 rings (SSSR count). The first-order valence-corrected chi connectivity index (χ1v) is 6.13. The van der Waals surface area contributed by atoms with Gasteiger partial charge in [-0.1, -0.05) is 0 Å². The molecular formula is C8H10O2S2. The minimum Gasteiger partial charge on any atom is -0.472 e. The van der Waals surface area contributed by atoms with Crippen LogP contribution in [0.4, 0.5) is 0 Å². The molecule has 0 aliphatic heterocycles. The largest absolute Gasteiger partial charge is 0.472 e. The summed E-state index contributed by atoms with van der Waals surface area (Å²) in [6, 6.07) is 1.84. The van der Waals surface area contributed by atoms with Gasteiger partial charge in [-0.15, -0.1) is 11.8 Å². The third-order valence-corrected chi connectivity index (χ3v) is 3.72. The van der Waals surface area contributed by atoms with E-state index in [1.54, 1.807) is 18.8 Å². The van der Waals surface area contributed by atoms with Crippen LogP contribution in [0.1, 0.15) is 5.56 Å². The first-order valence-electron chi connectivity index (χ1n) is 3.35. The van der Waals surface area contributed by atoms with Gasteiger partial charge in [0, 0.05) is 11.8 Å². The fourth-order valence-electron chi connectivity index (χ4n) is 0.752. The Morgan fingerprint density at radius 3 is 2.92 bits per heavy atom. The molecule has 0 radical (unpaired) electrons. The molecule has 1 heterocycles. The summed E-state index contributed by atoms with van der Waals surface area (Å²) in [5.74, 6) is 0. The summed E-state index contributed by atoms with van der Waals surface area (Å²) in [7, 11) is -0.906. The van der Waals surface area contributed by atoms with E-state index in [2.05, 4.69) is 0 Å². The van der Waals surface area contributed by atoms with Gasteiger partial charge in [-0.25, -0.2) is 0 Å². The van der Waals surface area contributed by atoms with Gasteiger partial charge in [-0.2, -0.15) is 0 Å². The average Bonchev–Trinajstić information content (AvgIpc) is 2.51. The topological polar surface area (TPSA) is 30.2 Å². The van der Waals surface area contributed by atoms with Crippen molar-refractivity contribution in [2.24, 2.45) is 0 Å². The highest BCUT2D eigenvalue weighted by molar-refractivity contribution is 8.16. The summed E-state index contributed by atoms with van der Waals surface area (Å²) in [6.45, 7) is 0. The van der Waals surface area contributed by atoms with Crippen molar-refractivity contribution in [2.75, 3.05) is 12.5 Å². The van der Waals surface area contributed by atoms with Crippen LogP contribution in [0.15, 0.2) is 27.2 Å². The van der Waals surface area contributed by atoms with Gasteiger partial charge in [0.1, 0.15) is 0 Å². The molecule has 1 aromatic heterocycles. The first-order chi connectivity index (χ1) is 5.74. The fourth-order valence-corrected chi connectivity index (χ4v) is 2.25. The van der Waals surface area contributed by atoms with Crippen LogP contribution in [0.2, 0.25) is 0 Å². The minimum atomic E-state index is -0.906. The molecule has 0 aromatic carbocycles. The van der Waals surface area contributed by atoms with Crippen molar-refractivity contribution in [1.82, 2.24) is 0 Å². The maximum absolute atomic E-state index is 11.1. The first kappa shape index (κ1) is 9.61. The van der Waals surface area contributed by atoms with Gasteiger partial charge in [-0.3, -0.25) is 4.21 Å². The highest BCUT2D eigenvalue weighted by atomic mass is 32.2. The molecule has 1 unspecified atom stereocenters. The molecule has 0 fully saturated rings. The monoisotopic (exact) mass is 202 g/mol. The van der Waals surface area contributed by atoms with E-state index in [0.29, 0.717) is 0 Å². The maximum atomic E-state index is 11.1. The lowest BCUT2D eigenvalue weighted by Gasteiger charge is -1.96. The van der Waals surface area contributed by atoms with Crippen molar-refractivity contribution in [3.63, 3.8) is 0 Å². The van der Waals surface area contributed by atoms with Gasteiger partial charge in [0.2, 0.25) is 0 Å². The van der Waals surface area contributed by atoms with Crippen LogP contribution in [-0.4, -0.2) is 16.7 Å². The Hall–Kier alpha value is -0.480. The SMILES string of the molecule is CS/C(=C\c1ccoc1)S(C)=O. The average molecular weight is 202 g/mol. The molecule has 4 heteroatoms. The Kier molecular flexibility index (Phi) is 3.62. The smallest absolute Gasteiger partial charge is 0.0975 e. The van der Waals surface area contributed by atoms with Gasteiger partial charge in [0.15, 0.2) is 0 Å². The van der Waals surface area contributed by atoms with Crippen LogP contribution in [0.3, 0.4) is 0 Å². The van der Waals surface area contributed by atoms with E-state index < -0.39 is 10.8 Å². The van der Waals surface area contributed by atoms with Crippen molar-refractivity contribution < 1.29 is 8.63 Å². The zero-order valence-corrected chi connectivity index (χ0v) is 8.58. The number of furan rings is 1. The van der Waals surface area contributed by atoms with E-state index in [0.717, 1.165) is 9.80 Å². The summed E-state index contributed by atoms with van der Waals surface area (Å²) in [5, 5.41) is 0. The lowest BCUT2D eigenvalue weighted by Crippen LogP contribution is -1.85. The molecule has 1 atom stereocenters. The fraction of sp³-hybridized carbons (Fsp3) is 0.250. The Morgan fingerprint density at radius 1 is 1.75 bits per heavy atom. The van der Waals surface area contributed by atoms with Crippen LogP contribution in [0.25, 0.3) is 6.08 Å². The molecule has 0 N–H and O–H groups in total. The van der Waals surface area contributed by atoms with E-state index in [-0.39, 0.29) is 0 Å². The molecule has 0 aliphatic carbocycles. The molecule has 66 valence electrons. The summed E-state index contributed by atoms with van der Waals surface area (Å²) in [4.78, 5) is 0. The van der Waals surface area contributed by atoms with Gasteiger partial charge >= 0.3 is 0 Å². The van der Waals surface area contributed by atoms with E-state index in [1.165, 1.54) is 11.8 Å². The molecule has 0 saturated carbocycles. The molecule has 0 amide bonds. The highest BCUT2D eigenvalue weighted by Gasteiger charge is 2.00. The Balaban J connectivity index is 2.85. The van der Waals surface area contributed by atoms with E-state index in [9.17, 15) is 4.21 Å². The molecule has 0 bridgehead atoms. The van der Waals surface area contributed by atoms with Crippen molar-refractivity contribution in [3.05, 3.63) is 28.4 Å². The maximum Gasteiger partial charge on any atom is 0.0975 e. The second kappa shape index (κ2) is 4.52. The molecule has 1 aromatic rings. The lowest BCUT2D eigenvalue weighted by atomic mass is 10.3. The number of hydrogen-bond acceptors (Lipinski definition) is 3. The zero-order chi connectivity index (χ0) is 8.97. The second-order valence-electron chi connectivity index (χ2n) is 2.18. The van der Waals surface area contributed by atoms with E-state index in [4.69, 9.17) is 4.42 Å². The summed E-state index contributed by atoms with van der Waals surface area (Å²) in [6.07, 6.45) is 8.67. The van der Waals surface area contributed by atoms with Crippen LogP contribution >= 0.6 is 11.8 Å². The second-order valence-corrected chi connectivity index (χ2v) is 4.63. The Bertz CT molecular complexity index is 288. The minimum absolute atomic E-state index is 0.858. The summed E-state index contributed by atoms with van der Waals surface area (Å²) < 4.78 is 16.8. The summed E-state index contributed by atoms with van der Waals surface area (Å²) >= 11 is 1.50. The van der Waals surface area contributed by atoms with Crippen LogP contribution < -0.4 is 0 Å². The zero-order valence-electron chi connectivity index (χ0n) is 6.94. The normalized spacial score (nSPS) is 14.7. The third-order valence-electron chi connectivity index (χ3n) is 1.31. The summed E-state index contributed by atoms with van der Waals surface area (Å²) in [5.41, 5.74) is 0.953. The van der Waals surface area contributed by atoms with Crippen LogP contribution in [0, 0.1) is 0 Å². The molecule has 0 aliphatic rings. The Labute approximate surface area is 78.5 Å². The number of thioether (sulfide) groups is 1. The highest BCUT2D eigenvalue weighted by Crippen LogP contribution is 2.19. The molecule has 0 saturated heterocycles. The Morgan fingerprint density at radius 2 is 2.50 bits per heavy atom.